The van der Waals surface area contributed by atoms with E-state index in [2.05, 4.69) is 0 Å². The van der Waals surface area contributed by atoms with Gasteiger partial charge in [0.15, 0.2) is 34.5 Å². The third kappa shape index (κ3) is 4.88. The van der Waals surface area contributed by atoms with E-state index in [4.69, 9.17) is 23.7 Å². The van der Waals surface area contributed by atoms with Crippen LogP contribution in [0.2, 0.25) is 0 Å². The first kappa shape index (κ1) is 27.9. The molecule has 2 aliphatic rings. The van der Waals surface area contributed by atoms with Crippen molar-refractivity contribution in [3.8, 4) is 34.5 Å². The summed E-state index contributed by atoms with van der Waals surface area (Å²) >= 11 is 0. The Labute approximate surface area is 231 Å². The van der Waals surface area contributed by atoms with Crippen LogP contribution in [0.3, 0.4) is 0 Å². The van der Waals surface area contributed by atoms with E-state index in [-0.39, 0.29) is 30.5 Å². The number of hydrogen-bond acceptors (Lipinski definition) is 10. The Morgan fingerprint density at radius 2 is 1.40 bits per heavy atom. The molecular formula is C30H34O10. The lowest BCUT2D eigenvalue weighted by Gasteiger charge is -2.20. The molecule has 10 nitrogen and oxygen atoms in total. The smallest absolute Gasteiger partial charge is 0.165 e. The maximum absolute atomic E-state index is 11.1. The highest BCUT2D eigenvalue weighted by Crippen LogP contribution is 2.53. The highest BCUT2D eigenvalue weighted by atomic mass is 16.5. The summed E-state index contributed by atoms with van der Waals surface area (Å²) in [7, 11) is 4.44. The van der Waals surface area contributed by atoms with Gasteiger partial charge in [-0.25, -0.2) is 0 Å². The average Bonchev–Trinajstić information content (AvgIpc) is 3.50. The molecule has 0 radical (unpaired) electrons. The van der Waals surface area contributed by atoms with Crippen LogP contribution in [0.4, 0.5) is 0 Å². The first-order valence-electron chi connectivity index (χ1n) is 13.0. The minimum absolute atomic E-state index is 0.00513. The number of fused-ring (bicyclic) bond motifs is 1. The molecule has 0 spiro atoms. The lowest BCUT2D eigenvalue weighted by molar-refractivity contribution is 0.00964. The van der Waals surface area contributed by atoms with Gasteiger partial charge in [0.25, 0.3) is 0 Å². The Kier molecular flexibility index (Phi) is 7.95. The third-order valence-corrected chi connectivity index (χ3v) is 7.81. The molecule has 40 heavy (non-hydrogen) atoms. The number of aliphatic hydroxyl groups excluding tert-OH is 3. The van der Waals surface area contributed by atoms with Crippen LogP contribution in [0.1, 0.15) is 40.4 Å². The van der Waals surface area contributed by atoms with E-state index < -0.39 is 36.3 Å². The van der Waals surface area contributed by atoms with E-state index in [1.54, 1.807) is 30.3 Å². The van der Waals surface area contributed by atoms with Crippen LogP contribution in [0.15, 0.2) is 48.5 Å². The van der Waals surface area contributed by atoms with Crippen LogP contribution >= 0.6 is 0 Å². The molecule has 6 unspecified atom stereocenters. The molecule has 2 aliphatic heterocycles. The van der Waals surface area contributed by atoms with Gasteiger partial charge in [0.2, 0.25) is 0 Å². The molecule has 10 heteroatoms. The topological polar surface area (TPSA) is 147 Å². The zero-order valence-corrected chi connectivity index (χ0v) is 22.5. The average molecular weight is 555 g/mol. The van der Waals surface area contributed by atoms with Crippen molar-refractivity contribution in [2.75, 3.05) is 34.5 Å². The number of aromatic hydroxyl groups is 2. The molecule has 214 valence electrons. The monoisotopic (exact) mass is 554 g/mol. The number of hydrogen-bond donors (Lipinski definition) is 5. The molecule has 5 N–H and O–H groups in total. The molecule has 1 fully saturated rings. The van der Waals surface area contributed by atoms with Gasteiger partial charge in [0, 0.05) is 17.9 Å². The van der Waals surface area contributed by atoms with Gasteiger partial charge in [-0.15, -0.1) is 0 Å². The normalized spacial score (nSPS) is 25.4. The van der Waals surface area contributed by atoms with Gasteiger partial charge in [-0.2, -0.15) is 0 Å². The molecule has 0 amide bonds. The summed E-state index contributed by atoms with van der Waals surface area (Å²) < 4.78 is 28.7. The fourth-order valence-corrected chi connectivity index (χ4v) is 5.71. The number of methoxy groups -OCH3 is 3. The zero-order valence-electron chi connectivity index (χ0n) is 22.5. The summed E-state index contributed by atoms with van der Waals surface area (Å²) in [6.45, 7) is -0.535. The van der Waals surface area contributed by atoms with E-state index >= 15 is 0 Å². The summed E-state index contributed by atoms with van der Waals surface area (Å²) in [6.07, 6.45) is -2.48. The van der Waals surface area contributed by atoms with Gasteiger partial charge in [-0.1, -0.05) is 12.1 Å². The second-order valence-corrected chi connectivity index (χ2v) is 10.0. The molecule has 3 aromatic rings. The summed E-state index contributed by atoms with van der Waals surface area (Å²) in [4.78, 5) is 0. The molecule has 3 aromatic carbocycles. The highest BCUT2D eigenvalue weighted by molar-refractivity contribution is 5.56. The number of ether oxygens (including phenoxy) is 5. The zero-order chi connectivity index (χ0) is 28.6. The van der Waals surface area contributed by atoms with Crippen LogP contribution in [0.25, 0.3) is 0 Å². The van der Waals surface area contributed by atoms with Crippen molar-refractivity contribution in [2.24, 2.45) is 5.92 Å². The van der Waals surface area contributed by atoms with E-state index in [1.165, 1.54) is 33.5 Å². The largest absolute Gasteiger partial charge is 0.504 e. The fraction of sp³-hybridized carbons (Fsp3) is 0.400. The molecule has 5 rings (SSSR count). The summed E-state index contributed by atoms with van der Waals surface area (Å²) in [5.41, 5.74) is 2.88. The quantitative estimate of drug-likeness (QED) is 0.267. The Morgan fingerprint density at radius 1 is 0.750 bits per heavy atom. The minimum atomic E-state index is -0.962. The molecular weight excluding hydrogens is 520 g/mol. The Hall–Kier alpha value is -3.70. The van der Waals surface area contributed by atoms with E-state index in [0.717, 1.165) is 5.56 Å². The molecule has 0 saturated carbocycles. The molecule has 1 saturated heterocycles. The number of benzene rings is 3. The second kappa shape index (κ2) is 11.4. The SMILES string of the molecule is COc1cc(CC2OC(c3cc(OC)c4c(c3)C(CO)C(c3ccc(O)c(OC)c3)O4)C(CO)C2O)ccc1O. The van der Waals surface area contributed by atoms with Crippen molar-refractivity contribution < 1.29 is 49.2 Å². The molecule has 0 aromatic heterocycles. The lowest BCUT2D eigenvalue weighted by Crippen LogP contribution is -2.30. The first-order chi connectivity index (χ1) is 19.3. The first-order valence-corrected chi connectivity index (χ1v) is 13.0. The molecule has 0 aliphatic carbocycles. The van der Waals surface area contributed by atoms with Crippen molar-refractivity contribution in [2.45, 2.75) is 36.8 Å². The van der Waals surface area contributed by atoms with Gasteiger partial charge < -0.3 is 49.2 Å². The fourth-order valence-electron chi connectivity index (χ4n) is 5.71. The highest BCUT2D eigenvalue weighted by Gasteiger charge is 2.45. The summed E-state index contributed by atoms with van der Waals surface area (Å²) in [5, 5.41) is 51.7. The number of rotatable bonds is 9. The minimum Gasteiger partial charge on any atom is -0.504 e. The van der Waals surface area contributed by atoms with Crippen LogP contribution in [-0.2, 0) is 11.2 Å². The maximum Gasteiger partial charge on any atom is 0.165 e. The molecule has 2 heterocycles. The molecule has 6 atom stereocenters. The van der Waals surface area contributed by atoms with Crippen LogP contribution in [-0.4, -0.2) is 72.3 Å². The lowest BCUT2D eigenvalue weighted by atomic mass is 9.87. The van der Waals surface area contributed by atoms with E-state index in [1.807, 2.05) is 6.07 Å². The summed E-state index contributed by atoms with van der Waals surface area (Å²) in [5.74, 6) is 0.456. The Balaban J connectivity index is 1.46. The van der Waals surface area contributed by atoms with E-state index in [9.17, 15) is 25.5 Å². The van der Waals surface area contributed by atoms with Gasteiger partial charge in [-0.05, 0) is 53.1 Å². The number of phenols is 2. The van der Waals surface area contributed by atoms with Crippen molar-refractivity contribution in [1.82, 2.24) is 0 Å². The predicted molar refractivity (Wildman–Crippen MR) is 143 cm³/mol. The predicted octanol–water partition coefficient (Wildman–Crippen LogP) is 2.99. The number of phenolic OH excluding ortho intramolecular Hbond substituents is 2. The summed E-state index contributed by atoms with van der Waals surface area (Å²) in [6, 6.07) is 13.5. The Bertz CT molecular complexity index is 1360. The Morgan fingerprint density at radius 3 is 2.05 bits per heavy atom. The van der Waals surface area contributed by atoms with Gasteiger partial charge in [0.1, 0.15) is 6.10 Å². The molecule has 0 bridgehead atoms. The van der Waals surface area contributed by atoms with Gasteiger partial charge in [-0.3, -0.25) is 0 Å². The van der Waals surface area contributed by atoms with Crippen molar-refractivity contribution in [1.29, 1.82) is 0 Å². The van der Waals surface area contributed by atoms with Crippen molar-refractivity contribution >= 4 is 0 Å². The van der Waals surface area contributed by atoms with Crippen molar-refractivity contribution in [3.05, 3.63) is 70.8 Å². The van der Waals surface area contributed by atoms with E-state index in [0.29, 0.717) is 40.4 Å². The third-order valence-electron chi connectivity index (χ3n) is 7.81. The van der Waals surface area contributed by atoms with Crippen molar-refractivity contribution in [3.63, 3.8) is 0 Å². The maximum atomic E-state index is 11.1. The van der Waals surface area contributed by atoms with Gasteiger partial charge >= 0.3 is 0 Å². The van der Waals surface area contributed by atoms with Crippen LogP contribution in [0, 0.1) is 5.92 Å². The standard InChI is InChI=1S/C30H34O10/c1-36-23-8-15(4-6-21(23)33)9-25-27(35)20(14-32)29(39-25)17-10-18-19(13-31)28(40-30(18)26(12-17)38-3)16-5-7-22(34)24(11-16)37-2/h4-8,10-12,19-20,25,27-29,31-35H,9,13-14H2,1-3H3. The van der Waals surface area contributed by atoms with Crippen LogP contribution in [0.5, 0.6) is 34.5 Å². The number of aliphatic hydroxyl groups is 3. The van der Waals surface area contributed by atoms with Crippen LogP contribution < -0.4 is 18.9 Å². The van der Waals surface area contributed by atoms with Gasteiger partial charge in [0.05, 0.1) is 58.8 Å². The second-order valence-electron chi connectivity index (χ2n) is 10.0.